The fraction of sp³-hybridized carbons (Fsp3) is 0.0115. The third-order valence-corrected chi connectivity index (χ3v) is 29.9. The van der Waals surface area contributed by atoms with E-state index >= 15 is 0 Å². The summed E-state index contributed by atoms with van der Waals surface area (Å²) >= 11 is 3.44. The highest BCUT2D eigenvalue weighted by atomic mass is 79.9. The average Bonchev–Trinajstić information content (AvgIpc) is 1.62. The first-order chi connectivity index (χ1) is 47.9. The number of ether oxygens (including phenoxy) is 2. The minimum atomic E-state index is -2.79. The molecular formula is C87H54BrN3O4Si2. The third-order valence-electron chi connectivity index (χ3n) is 19.7. The number of halogens is 1. The van der Waals surface area contributed by atoms with Gasteiger partial charge >= 0.3 is 0 Å². The quantitative estimate of drug-likeness (QED) is 0.127. The standard InChI is InChI=1S/C43H26N2O2Si.C31H22OSi.C13H6BrNO/c44-27-28-19-22-37-33(25-28)34-26-29(20-23-38(34)46-37)45-35-16-8-7-15-32(35)42-36(45)21-24-41-43(42)47-39-17-9-10-18-40(39)48(41,30-11-3-1-4-12-30)31-13-5-2-6-14-31;1-3-12-24(13-4-1)33(25-14-5-2-6-15-25)28-18-10-9-17-27(28)32-31-29(33)20-19-23-21-22-11-7-8-16-26(22)30(23)31;1-15-9-3-5-13-11(7-9)10-6-8(14)2-4-12(10)16-13/h1-26H;1-20H,21H2;2-7H. The van der Waals surface area contributed by atoms with E-state index in [1.165, 1.54) is 63.7 Å². The highest BCUT2D eigenvalue weighted by molar-refractivity contribution is 9.10. The van der Waals surface area contributed by atoms with Gasteiger partial charge < -0.3 is 22.9 Å². The molecule has 7 nitrogen and oxygen atoms in total. The first kappa shape index (κ1) is 57.6. The zero-order valence-corrected chi connectivity index (χ0v) is 55.7. The van der Waals surface area contributed by atoms with Crippen LogP contribution in [-0.2, 0) is 6.42 Å². The van der Waals surface area contributed by atoms with E-state index in [-0.39, 0.29) is 0 Å². The number of hydrogen-bond acceptors (Lipinski definition) is 5. The predicted octanol–water partition coefficient (Wildman–Crippen LogP) is 17.7. The van der Waals surface area contributed by atoms with Crippen LogP contribution in [-0.4, -0.2) is 20.7 Å². The number of benzene rings is 14. The molecule has 97 heavy (non-hydrogen) atoms. The molecule has 0 unspecified atom stereocenters. The van der Waals surface area contributed by atoms with Crippen LogP contribution in [0.3, 0.4) is 0 Å². The van der Waals surface area contributed by atoms with Gasteiger partial charge in [-0.3, -0.25) is 0 Å². The summed E-state index contributed by atoms with van der Waals surface area (Å²) in [6.45, 7) is 7.01. The van der Waals surface area contributed by atoms with Crippen LogP contribution in [0.15, 0.2) is 329 Å². The lowest BCUT2D eigenvalue weighted by atomic mass is 10.0. The topological polar surface area (TPSA) is 77.8 Å². The first-order valence-corrected chi connectivity index (χ1v) is 37.1. The molecule has 0 amide bonds. The van der Waals surface area contributed by atoms with Crippen LogP contribution in [0.2, 0.25) is 0 Å². The minimum absolute atomic E-state index is 0.612. The number of nitriles is 1. The van der Waals surface area contributed by atoms with E-state index in [0.717, 1.165) is 105 Å². The molecule has 456 valence electrons. The van der Waals surface area contributed by atoms with Crippen molar-refractivity contribution in [3.63, 3.8) is 0 Å². The largest absolute Gasteiger partial charge is 0.457 e. The van der Waals surface area contributed by atoms with Gasteiger partial charge in [-0.25, -0.2) is 4.85 Å². The van der Waals surface area contributed by atoms with Gasteiger partial charge in [0.25, 0.3) is 0 Å². The van der Waals surface area contributed by atoms with Crippen molar-refractivity contribution in [2.24, 2.45) is 0 Å². The Morgan fingerprint density at radius 3 is 1.53 bits per heavy atom. The van der Waals surface area contributed by atoms with E-state index in [4.69, 9.17) is 24.9 Å². The van der Waals surface area contributed by atoms with Crippen LogP contribution in [0.1, 0.15) is 16.7 Å². The predicted molar refractivity (Wildman–Crippen MR) is 403 cm³/mol. The van der Waals surface area contributed by atoms with Crippen LogP contribution in [0, 0.1) is 17.9 Å². The summed E-state index contributed by atoms with van der Waals surface area (Å²) in [4.78, 5) is 3.43. The summed E-state index contributed by atoms with van der Waals surface area (Å²) in [5.74, 6) is 3.87. The normalized spacial score (nSPS) is 13.3. The number of aromatic nitrogens is 1. The fourth-order valence-corrected chi connectivity index (χ4v) is 25.9. The summed E-state index contributed by atoms with van der Waals surface area (Å²) in [7, 11) is -5.36. The molecule has 14 aromatic carbocycles. The Morgan fingerprint density at radius 2 is 0.897 bits per heavy atom. The SMILES string of the molecule is N#Cc1ccc2oc3ccc(-n4c5ccccc5c5c6c(ccc54)[Si](c4ccccc4)(c4ccccc4)c4ccccc4O6)cc3c2c1.[C-]#[N+]c1ccc2oc3ccc(Br)cc3c2c1.c1ccc([Si]2(c3ccccc3)c3ccccc3Oc3c2ccc2c3-c3ccccc3C2)cc1. The second kappa shape index (κ2) is 23.2. The summed E-state index contributed by atoms with van der Waals surface area (Å²) in [6, 6.07) is 114. The Balaban J connectivity index is 0.000000120. The Bertz CT molecular complexity index is 6030. The van der Waals surface area contributed by atoms with Gasteiger partial charge in [-0.1, -0.05) is 240 Å². The lowest BCUT2D eigenvalue weighted by molar-refractivity contribution is 0.488. The summed E-state index contributed by atoms with van der Waals surface area (Å²) in [5.41, 5.74) is 13.0. The van der Waals surface area contributed by atoms with Crippen LogP contribution in [0.5, 0.6) is 23.0 Å². The molecule has 3 aromatic heterocycles. The molecule has 20 rings (SSSR count). The molecule has 0 N–H and O–H groups in total. The van der Waals surface area contributed by atoms with Gasteiger partial charge in [-0.05, 0) is 156 Å². The molecule has 2 aliphatic heterocycles. The minimum Gasteiger partial charge on any atom is -0.457 e. The summed E-state index contributed by atoms with van der Waals surface area (Å²) in [5, 5.41) is 26.4. The van der Waals surface area contributed by atoms with Crippen LogP contribution in [0.25, 0.3) is 87.3 Å². The van der Waals surface area contributed by atoms with Gasteiger partial charge in [0.15, 0.2) is 21.8 Å². The Hall–Kier alpha value is -12.0. The van der Waals surface area contributed by atoms with Gasteiger partial charge in [0, 0.05) is 42.7 Å². The Morgan fingerprint density at radius 1 is 0.402 bits per heavy atom. The van der Waals surface area contributed by atoms with Gasteiger partial charge in [-0.15, -0.1) is 0 Å². The Kier molecular flexibility index (Phi) is 13.8. The smallest absolute Gasteiger partial charge is 0.188 e. The molecule has 0 saturated carbocycles. The molecule has 0 atom stereocenters. The van der Waals surface area contributed by atoms with Gasteiger partial charge in [0.1, 0.15) is 45.3 Å². The molecule has 0 fully saturated rings. The van der Waals surface area contributed by atoms with Crippen molar-refractivity contribution in [2.45, 2.75) is 6.42 Å². The number of hydrogen-bond donors (Lipinski definition) is 0. The molecule has 0 spiro atoms. The molecule has 0 bridgehead atoms. The molecule has 0 saturated heterocycles. The van der Waals surface area contributed by atoms with Crippen LogP contribution >= 0.6 is 15.9 Å². The van der Waals surface area contributed by atoms with Gasteiger partial charge in [0.2, 0.25) is 0 Å². The summed E-state index contributed by atoms with van der Waals surface area (Å²) in [6.07, 6.45) is 0.967. The van der Waals surface area contributed by atoms with E-state index in [1.807, 2.05) is 48.5 Å². The maximum atomic E-state index is 9.59. The molecule has 3 aliphatic rings. The van der Waals surface area contributed by atoms with Crippen LogP contribution in [0.4, 0.5) is 5.69 Å². The van der Waals surface area contributed by atoms with Gasteiger partial charge in [-0.2, -0.15) is 5.26 Å². The van der Waals surface area contributed by atoms with Crippen molar-refractivity contribution >= 4 is 145 Å². The van der Waals surface area contributed by atoms with E-state index in [2.05, 4.69) is 286 Å². The molecular weight excluding hydrogens is 1290 g/mol. The van der Waals surface area contributed by atoms with Crippen molar-refractivity contribution in [3.8, 4) is 45.9 Å². The second-order valence-corrected chi connectivity index (χ2v) is 33.2. The highest BCUT2D eigenvalue weighted by Crippen LogP contribution is 2.47. The molecule has 10 heteroatoms. The number of fused-ring (bicyclic) bond motifs is 18. The van der Waals surface area contributed by atoms with Crippen molar-refractivity contribution in [2.75, 3.05) is 0 Å². The van der Waals surface area contributed by atoms with Gasteiger partial charge in [0.05, 0.1) is 34.6 Å². The number of furan rings is 2. The third kappa shape index (κ3) is 9.03. The van der Waals surface area contributed by atoms with Crippen molar-refractivity contribution in [1.82, 2.24) is 4.57 Å². The monoisotopic (exact) mass is 1340 g/mol. The molecule has 5 heterocycles. The van der Waals surface area contributed by atoms with E-state index < -0.39 is 16.1 Å². The highest BCUT2D eigenvalue weighted by Gasteiger charge is 2.51. The number of rotatable bonds is 5. The fourth-order valence-electron chi connectivity index (χ4n) is 15.7. The van der Waals surface area contributed by atoms with Crippen molar-refractivity contribution in [3.05, 3.63) is 348 Å². The maximum Gasteiger partial charge on any atom is 0.188 e. The zero-order valence-electron chi connectivity index (χ0n) is 52.1. The Labute approximate surface area is 569 Å². The van der Waals surface area contributed by atoms with E-state index in [9.17, 15) is 5.26 Å². The zero-order chi connectivity index (χ0) is 64.8. The molecule has 17 aromatic rings. The van der Waals surface area contributed by atoms with Crippen LogP contribution < -0.4 is 51.0 Å². The first-order valence-electron chi connectivity index (χ1n) is 32.3. The van der Waals surface area contributed by atoms with E-state index in [1.54, 1.807) is 12.1 Å². The maximum absolute atomic E-state index is 9.59. The van der Waals surface area contributed by atoms with Crippen molar-refractivity contribution < 1.29 is 18.3 Å². The van der Waals surface area contributed by atoms with Crippen molar-refractivity contribution in [1.29, 1.82) is 5.26 Å². The second-order valence-electron chi connectivity index (χ2n) is 24.8. The lowest BCUT2D eigenvalue weighted by Gasteiger charge is -2.40. The molecule has 1 aliphatic carbocycles. The lowest BCUT2D eigenvalue weighted by Crippen LogP contribution is -2.76. The average molecular weight is 1340 g/mol. The number of nitrogens with zero attached hydrogens (tertiary/aromatic N) is 3. The number of para-hydroxylation sites is 3. The molecule has 0 radical (unpaired) electrons. The van der Waals surface area contributed by atoms with E-state index in [0.29, 0.717) is 11.3 Å². The summed E-state index contributed by atoms with van der Waals surface area (Å²) < 4.78 is 29.1.